The van der Waals surface area contributed by atoms with E-state index in [1.54, 1.807) is 0 Å². The zero-order valence-electron chi connectivity index (χ0n) is 11.3. The normalized spacial score (nSPS) is 15.5. The van der Waals surface area contributed by atoms with Crippen molar-refractivity contribution in [2.75, 3.05) is 18.0 Å². The smallest absolute Gasteiger partial charge is 0.133 e. The molecule has 0 aromatic carbocycles. The molecule has 0 spiro atoms. The van der Waals surface area contributed by atoms with Crippen LogP contribution in [-0.4, -0.2) is 23.1 Å². The second-order valence-corrected chi connectivity index (χ2v) is 5.86. The number of nitrogens with zero attached hydrogens (tertiary/aromatic N) is 3. The fraction of sp³-hybridized carbons (Fsp3) is 0.714. The van der Waals surface area contributed by atoms with Gasteiger partial charge in [-0.3, -0.25) is 0 Å². The summed E-state index contributed by atoms with van der Waals surface area (Å²) in [5, 5.41) is 0. The van der Waals surface area contributed by atoms with Crippen molar-refractivity contribution in [3.63, 3.8) is 0 Å². The summed E-state index contributed by atoms with van der Waals surface area (Å²) >= 11 is 3.50. The summed E-state index contributed by atoms with van der Waals surface area (Å²) in [6.07, 6.45) is 6.20. The monoisotopic (exact) mass is 311 g/mol. The van der Waals surface area contributed by atoms with Gasteiger partial charge in [0.25, 0.3) is 0 Å². The van der Waals surface area contributed by atoms with Crippen molar-refractivity contribution >= 4 is 21.7 Å². The Bertz CT molecular complexity index is 391. The fourth-order valence-electron chi connectivity index (χ4n) is 2.32. The van der Waals surface area contributed by atoms with E-state index in [1.807, 2.05) is 6.07 Å². The summed E-state index contributed by atoms with van der Waals surface area (Å²) in [6, 6.07) is 2.04. The van der Waals surface area contributed by atoms with Crippen molar-refractivity contribution in [3.8, 4) is 0 Å². The zero-order chi connectivity index (χ0) is 13.0. The van der Waals surface area contributed by atoms with Crippen LogP contribution in [0.1, 0.15) is 45.4 Å². The second-order valence-electron chi connectivity index (χ2n) is 5.05. The third-order valence-corrected chi connectivity index (χ3v) is 4.02. The standard InChI is InChI=1S/C14H22BrN3/c1-3-6-13-16-12(15)9-14(17-13)18(4-2)10-11-7-5-8-11/h9,11H,3-8,10H2,1-2H3. The maximum Gasteiger partial charge on any atom is 0.133 e. The van der Waals surface area contributed by atoms with Crippen LogP contribution in [0.4, 0.5) is 5.82 Å². The number of hydrogen-bond acceptors (Lipinski definition) is 3. The molecule has 3 nitrogen and oxygen atoms in total. The first kappa shape index (κ1) is 13.8. The van der Waals surface area contributed by atoms with Gasteiger partial charge in [0.1, 0.15) is 16.2 Å². The topological polar surface area (TPSA) is 29.0 Å². The van der Waals surface area contributed by atoms with Crippen LogP contribution < -0.4 is 4.90 Å². The number of hydrogen-bond donors (Lipinski definition) is 0. The van der Waals surface area contributed by atoms with Crippen LogP contribution >= 0.6 is 15.9 Å². The lowest BCUT2D eigenvalue weighted by Crippen LogP contribution is -2.33. The van der Waals surface area contributed by atoms with Crippen molar-refractivity contribution in [2.45, 2.75) is 46.0 Å². The van der Waals surface area contributed by atoms with E-state index in [0.29, 0.717) is 0 Å². The van der Waals surface area contributed by atoms with Crippen molar-refractivity contribution in [1.29, 1.82) is 0 Å². The van der Waals surface area contributed by atoms with Gasteiger partial charge in [0.2, 0.25) is 0 Å². The van der Waals surface area contributed by atoms with E-state index in [0.717, 1.165) is 48.1 Å². The van der Waals surface area contributed by atoms with Gasteiger partial charge < -0.3 is 4.90 Å². The van der Waals surface area contributed by atoms with Gasteiger partial charge in [-0.05, 0) is 48.0 Å². The van der Waals surface area contributed by atoms with E-state index in [9.17, 15) is 0 Å². The molecule has 0 amide bonds. The SMILES string of the molecule is CCCc1nc(Br)cc(N(CC)CC2CCC2)n1. The first-order valence-corrected chi connectivity index (χ1v) is 7.80. The van der Waals surface area contributed by atoms with E-state index in [-0.39, 0.29) is 0 Å². The van der Waals surface area contributed by atoms with E-state index >= 15 is 0 Å². The second kappa shape index (κ2) is 6.50. The van der Waals surface area contributed by atoms with Crippen molar-refractivity contribution in [1.82, 2.24) is 9.97 Å². The third-order valence-electron chi connectivity index (χ3n) is 3.61. The number of anilines is 1. The molecular weight excluding hydrogens is 290 g/mol. The van der Waals surface area contributed by atoms with Gasteiger partial charge in [-0.15, -0.1) is 0 Å². The van der Waals surface area contributed by atoms with Gasteiger partial charge in [0, 0.05) is 25.6 Å². The van der Waals surface area contributed by atoms with Crippen molar-refractivity contribution < 1.29 is 0 Å². The summed E-state index contributed by atoms with van der Waals surface area (Å²) < 4.78 is 0.906. The number of rotatable bonds is 6. The number of aryl methyl sites for hydroxylation is 1. The molecule has 1 aliphatic rings. The molecule has 0 aliphatic heterocycles. The van der Waals surface area contributed by atoms with Gasteiger partial charge in [-0.1, -0.05) is 13.3 Å². The molecule has 1 fully saturated rings. The maximum absolute atomic E-state index is 4.69. The molecule has 2 rings (SSSR count). The third kappa shape index (κ3) is 3.44. The minimum absolute atomic E-state index is 0.869. The van der Waals surface area contributed by atoms with Crippen molar-refractivity contribution in [3.05, 3.63) is 16.5 Å². The Morgan fingerprint density at radius 3 is 2.67 bits per heavy atom. The van der Waals surface area contributed by atoms with Gasteiger partial charge in [0.15, 0.2) is 0 Å². The van der Waals surface area contributed by atoms with E-state index in [1.165, 1.54) is 19.3 Å². The molecule has 0 unspecified atom stereocenters. The maximum atomic E-state index is 4.69. The first-order valence-electron chi connectivity index (χ1n) is 7.01. The molecule has 0 N–H and O–H groups in total. The Labute approximate surface area is 118 Å². The molecule has 100 valence electrons. The average molecular weight is 312 g/mol. The van der Waals surface area contributed by atoms with Crippen LogP contribution in [0.3, 0.4) is 0 Å². The van der Waals surface area contributed by atoms with Gasteiger partial charge in [-0.2, -0.15) is 0 Å². The van der Waals surface area contributed by atoms with Crippen LogP contribution in [0.2, 0.25) is 0 Å². The lowest BCUT2D eigenvalue weighted by Gasteiger charge is -2.32. The molecule has 1 aromatic rings. The Kier molecular flexibility index (Phi) is 4.98. The van der Waals surface area contributed by atoms with Crippen LogP contribution in [0, 0.1) is 5.92 Å². The van der Waals surface area contributed by atoms with Crippen LogP contribution in [-0.2, 0) is 6.42 Å². The number of aromatic nitrogens is 2. The minimum atomic E-state index is 0.869. The predicted molar refractivity (Wildman–Crippen MR) is 79.0 cm³/mol. The molecule has 18 heavy (non-hydrogen) atoms. The number of halogens is 1. The summed E-state index contributed by atoms with van der Waals surface area (Å²) in [6.45, 7) is 6.53. The highest BCUT2D eigenvalue weighted by molar-refractivity contribution is 9.10. The predicted octanol–water partition coefficient (Wildman–Crippen LogP) is 3.82. The van der Waals surface area contributed by atoms with Gasteiger partial charge in [-0.25, -0.2) is 9.97 Å². The van der Waals surface area contributed by atoms with Crippen molar-refractivity contribution in [2.24, 2.45) is 5.92 Å². The summed E-state index contributed by atoms with van der Waals surface area (Å²) in [5.41, 5.74) is 0. The lowest BCUT2D eigenvalue weighted by atomic mass is 9.85. The van der Waals surface area contributed by atoms with Crippen LogP contribution in [0.25, 0.3) is 0 Å². The zero-order valence-corrected chi connectivity index (χ0v) is 12.9. The summed E-state index contributed by atoms with van der Waals surface area (Å²) in [4.78, 5) is 11.5. The molecule has 0 radical (unpaired) electrons. The minimum Gasteiger partial charge on any atom is -0.356 e. The molecule has 1 heterocycles. The average Bonchev–Trinajstić information content (AvgIpc) is 2.27. The van der Waals surface area contributed by atoms with E-state index in [4.69, 9.17) is 4.98 Å². The van der Waals surface area contributed by atoms with Gasteiger partial charge in [0.05, 0.1) is 0 Å². The lowest BCUT2D eigenvalue weighted by molar-refractivity contribution is 0.318. The fourth-order valence-corrected chi connectivity index (χ4v) is 2.73. The largest absolute Gasteiger partial charge is 0.356 e. The molecule has 0 bridgehead atoms. The van der Waals surface area contributed by atoms with E-state index in [2.05, 4.69) is 39.7 Å². The highest BCUT2D eigenvalue weighted by Gasteiger charge is 2.21. The molecule has 0 atom stereocenters. The molecule has 1 aliphatic carbocycles. The Morgan fingerprint density at radius 2 is 2.11 bits per heavy atom. The Morgan fingerprint density at radius 1 is 1.33 bits per heavy atom. The first-order chi connectivity index (χ1) is 8.72. The van der Waals surface area contributed by atoms with Crippen LogP contribution in [0.15, 0.2) is 10.7 Å². The quantitative estimate of drug-likeness (QED) is 0.748. The van der Waals surface area contributed by atoms with Gasteiger partial charge >= 0.3 is 0 Å². The molecule has 1 aromatic heterocycles. The Hall–Kier alpha value is -0.640. The molecule has 1 saturated carbocycles. The summed E-state index contributed by atoms with van der Waals surface area (Å²) in [5.74, 6) is 2.90. The molecular formula is C14H22BrN3. The van der Waals surface area contributed by atoms with Crippen LogP contribution in [0.5, 0.6) is 0 Å². The van der Waals surface area contributed by atoms with E-state index < -0.39 is 0 Å². The molecule has 4 heteroatoms. The highest BCUT2D eigenvalue weighted by Crippen LogP contribution is 2.29. The Balaban J connectivity index is 2.12. The summed E-state index contributed by atoms with van der Waals surface area (Å²) in [7, 11) is 0. The highest BCUT2D eigenvalue weighted by atomic mass is 79.9. The molecule has 0 saturated heterocycles.